The molecule has 2 aromatic rings. The van der Waals surface area contributed by atoms with Gasteiger partial charge in [-0.2, -0.15) is 0 Å². The highest BCUT2D eigenvalue weighted by atomic mass is 35.5. The molecule has 1 atom stereocenters. The topological polar surface area (TPSA) is 76.8 Å². The van der Waals surface area contributed by atoms with Gasteiger partial charge in [0.1, 0.15) is 12.2 Å². The lowest BCUT2D eigenvalue weighted by Crippen LogP contribution is -2.39. The molecule has 0 aromatic carbocycles. The first-order valence-corrected chi connectivity index (χ1v) is 7.47. The van der Waals surface area contributed by atoms with Gasteiger partial charge in [0.05, 0.1) is 0 Å². The average molecular weight is 313 g/mol. The zero-order chi connectivity index (χ0) is 14.1. The fourth-order valence-electron chi connectivity index (χ4n) is 2.46. The van der Waals surface area contributed by atoms with Crippen molar-refractivity contribution in [3.63, 3.8) is 0 Å². The molecule has 0 spiro atoms. The molecule has 0 saturated carbocycles. The van der Waals surface area contributed by atoms with Gasteiger partial charge in [0.2, 0.25) is 9.47 Å². The number of halogens is 1. The van der Waals surface area contributed by atoms with E-state index in [2.05, 4.69) is 20.4 Å². The van der Waals surface area contributed by atoms with Gasteiger partial charge in [-0.05, 0) is 24.4 Å². The first-order valence-electron chi connectivity index (χ1n) is 6.27. The van der Waals surface area contributed by atoms with Gasteiger partial charge in [0.25, 0.3) is 5.91 Å². The molecule has 0 aliphatic carbocycles. The van der Waals surface area contributed by atoms with Crippen molar-refractivity contribution in [2.24, 2.45) is 7.05 Å². The molecule has 1 unspecified atom stereocenters. The summed E-state index contributed by atoms with van der Waals surface area (Å²) in [6.07, 6.45) is 3.63. The Bertz CT molecular complexity index is 626. The van der Waals surface area contributed by atoms with Crippen LogP contribution < -0.4 is 0 Å². The van der Waals surface area contributed by atoms with Crippen LogP contribution in [0.4, 0.5) is 0 Å². The normalized spacial score (nSPS) is 19.3. The second-order valence-corrected chi connectivity index (χ2v) is 6.31. The number of rotatable bonds is 2. The Balaban J connectivity index is 1.75. The molecular weight excluding hydrogens is 300 g/mol. The highest BCUT2D eigenvalue weighted by Gasteiger charge is 2.29. The third-order valence-corrected chi connectivity index (χ3v) is 4.41. The van der Waals surface area contributed by atoms with Crippen molar-refractivity contribution in [3.8, 4) is 0 Å². The minimum atomic E-state index is -0.110. The van der Waals surface area contributed by atoms with Crippen LogP contribution in [0.15, 0.2) is 6.33 Å². The SMILES string of the molecule is Cn1cnnc1C1CCCN(C(=O)c2nnc(Cl)s2)C1. The van der Waals surface area contributed by atoms with Gasteiger partial charge >= 0.3 is 0 Å². The molecule has 1 saturated heterocycles. The molecule has 3 heterocycles. The predicted octanol–water partition coefficient (Wildman–Crippen LogP) is 1.34. The fourth-order valence-corrected chi connectivity index (χ4v) is 3.26. The van der Waals surface area contributed by atoms with E-state index in [1.54, 1.807) is 11.2 Å². The van der Waals surface area contributed by atoms with E-state index in [0.717, 1.165) is 36.5 Å². The minimum Gasteiger partial charge on any atom is -0.336 e. The molecule has 0 N–H and O–H groups in total. The number of amides is 1. The molecule has 7 nitrogen and oxygen atoms in total. The standard InChI is InChI=1S/C11H13ClN6OS/c1-17-6-13-14-8(17)7-3-2-4-18(5-7)10(19)9-15-16-11(12)20-9/h6-7H,2-5H2,1H3. The van der Waals surface area contributed by atoms with Gasteiger partial charge in [-0.25, -0.2) is 0 Å². The Morgan fingerprint density at radius 3 is 2.95 bits per heavy atom. The molecule has 106 valence electrons. The number of likely N-dealkylation sites (tertiary alicyclic amines) is 1. The van der Waals surface area contributed by atoms with Crippen LogP contribution in [0.3, 0.4) is 0 Å². The quantitative estimate of drug-likeness (QED) is 0.836. The number of aryl methyl sites for hydroxylation is 1. The van der Waals surface area contributed by atoms with Gasteiger partial charge in [-0.3, -0.25) is 4.79 Å². The Labute approximate surface area is 124 Å². The van der Waals surface area contributed by atoms with E-state index in [0.29, 0.717) is 11.6 Å². The third kappa shape index (κ3) is 2.53. The molecule has 1 fully saturated rings. The smallest absolute Gasteiger partial charge is 0.284 e. The Kier molecular flexibility index (Phi) is 3.66. The lowest BCUT2D eigenvalue weighted by molar-refractivity contribution is 0.0702. The molecule has 0 bridgehead atoms. The van der Waals surface area contributed by atoms with E-state index in [9.17, 15) is 4.79 Å². The van der Waals surface area contributed by atoms with Gasteiger partial charge < -0.3 is 9.47 Å². The van der Waals surface area contributed by atoms with Crippen molar-refractivity contribution in [2.75, 3.05) is 13.1 Å². The van der Waals surface area contributed by atoms with Crippen molar-refractivity contribution >= 4 is 28.8 Å². The summed E-state index contributed by atoms with van der Waals surface area (Å²) in [7, 11) is 1.92. The number of piperidine rings is 1. The van der Waals surface area contributed by atoms with Crippen LogP contribution in [-0.4, -0.2) is 48.9 Å². The second-order valence-electron chi connectivity index (χ2n) is 4.75. The molecular formula is C11H13ClN6OS. The molecule has 20 heavy (non-hydrogen) atoms. The number of carbonyl (C=O) groups is 1. The van der Waals surface area contributed by atoms with Gasteiger partial charge in [0, 0.05) is 26.1 Å². The number of carbonyl (C=O) groups excluding carboxylic acids is 1. The van der Waals surface area contributed by atoms with E-state index in [-0.39, 0.29) is 16.3 Å². The monoisotopic (exact) mass is 312 g/mol. The zero-order valence-corrected chi connectivity index (χ0v) is 12.4. The zero-order valence-electron chi connectivity index (χ0n) is 10.9. The average Bonchev–Trinajstić information content (AvgIpc) is 3.07. The van der Waals surface area contributed by atoms with Crippen LogP contribution in [0.1, 0.15) is 34.4 Å². The molecule has 0 radical (unpaired) electrons. The molecule has 1 aliphatic rings. The molecule has 3 rings (SSSR count). The number of nitrogens with zero attached hydrogens (tertiary/aromatic N) is 6. The van der Waals surface area contributed by atoms with Gasteiger partial charge in [0.15, 0.2) is 0 Å². The summed E-state index contributed by atoms with van der Waals surface area (Å²) in [5.41, 5.74) is 0. The van der Waals surface area contributed by atoms with Gasteiger partial charge in [-0.1, -0.05) is 11.3 Å². The lowest BCUT2D eigenvalue weighted by Gasteiger charge is -2.31. The second kappa shape index (κ2) is 5.45. The molecule has 1 aliphatic heterocycles. The highest BCUT2D eigenvalue weighted by Crippen LogP contribution is 2.27. The van der Waals surface area contributed by atoms with E-state index < -0.39 is 0 Å². The van der Waals surface area contributed by atoms with Crippen LogP contribution >= 0.6 is 22.9 Å². The molecule has 9 heteroatoms. The number of hydrogen-bond acceptors (Lipinski definition) is 6. The maximum absolute atomic E-state index is 12.3. The number of aromatic nitrogens is 5. The Morgan fingerprint density at radius 1 is 1.45 bits per heavy atom. The molecule has 1 amide bonds. The summed E-state index contributed by atoms with van der Waals surface area (Å²) < 4.78 is 2.19. The van der Waals surface area contributed by atoms with E-state index in [4.69, 9.17) is 11.6 Å². The summed E-state index contributed by atoms with van der Waals surface area (Å²) in [5.74, 6) is 1.02. The summed E-state index contributed by atoms with van der Waals surface area (Å²) in [4.78, 5) is 14.1. The summed E-state index contributed by atoms with van der Waals surface area (Å²) in [6, 6.07) is 0. The predicted molar refractivity (Wildman–Crippen MR) is 73.8 cm³/mol. The maximum atomic E-state index is 12.3. The number of hydrogen-bond donors (Lipinski definition) is 0. The lowest BCUT2D eigenvalue weighted by atomic mass is 9.97. The van der Waals surface area contributed by atoms with Crippen LogP contribution in [0, 0.1) is 0 Å². The first-order chi connectivity index (χ1) is 9.65. The van der Waals surface area contributed by atoms with Crippen LogP contribution in [0.2, 0.25) is 4.47 Å². The van der Waals surface area contributed by atoms with Crippen LogP contribution in [0.5, 0.6) is 0 Å². The largest absolute Gasteiger partial charge is 0.336 e. The summed E-state index contributed by atoms with van der Waals surface area (Å²) in [5, 5.41) is 15.9. The van der Waals surface area contributed by atoms with Crippen LogP contribution in [-0.2, 0) is 7.05 Å². The van der Waals surface area contributed by atoms with E-state index >= 15 is 0 Å². The summed E-state index contributed by atoms with van der Waals surface area (Å²) >= 11 is 6.84. The van der Waals surface area contributed by atoms with Crippen molar-refractivity contribution in [1.29, 1.82) is 0 Å². The van der Waals surface area contributed by atoms with Crippen molar-refractivity contribution in [1.82, 2.24) is 29.9 Å². The summed E-state index contributed by atoms with van der Waals surface area (Å²) in [6.45, 7) is 1.35. The van der Waals surface area contributed by atoms with Gasteiger partial charge in [-0.15, -0.1) is 20.4 Å². The Morgan fingerprint density at radius 2 is 2.30 bits per heavy atom. The Hall–Kier alpha value is -1.54. The van der Waals surface area contributed by atoms with Crippen molar-refractivity contribution in [3.05, 3.63) is 21.6 Å². The van der Waals surface area contributed by atoms with Crippen molar-refractivity contribution < 1.29 is 4.79 Å². The fraction of sp³-hybridized carbons (Fsp3) is 0.545. The highest BCUT2D eigenvalue weighted by molar-refractivity contribution is 7.17. The van der Waals surface area contributed by atoms with E-state index in [1.807, 2.05) is 11.6 Å². The molecule has 2 aromatic heterocycles. The minimum absolute atomic E-state index is 0.110. The van der Waals surface area contributed by atoms with Crippen LogP contribution in [0.25, 0.3) is 0 Å². The first kappa shape index (κ1) is 13.4. The van der Waals surface area contributed by atoms with Crippen molar-refractivity contribution in [2.45, 2.75) is 18.8 Å². The van der Waals surface area contributed by atoms with E-state index in [1.165, 1.54) is 0 Å². The third-order valence-electron chi connectivity index (χ3n) is 3.40. The maximum Gasteiger partial charge on any atom is 0.284 e.